The summed E-state index contributed by atoms with van der Waals surface area (Å²) in [6.45, 7) is 5.59. The first-order chi connectivity index (χ1) is 7.27. The highest BCUT2D eigenvalue weighted by Gasteiger charge is 1.94. The van der Waals surface area contributed by atoms with E-state index >= 15 is 0 Å². The molecule has 0 atom stereocenters. The molecular weight excluding hydrogens is 184 g/mol. The first kappa shape index (κ1) is 14.9. The molecule has 0 aliphatic heterocycles. The molecule has 0 aliphatic carbocycles. The zero-order chi connectivity index (χ0) is 11.4. The Hall–Kier alpha value is -0.0800. The van der Waals surface area contributed by atoms with Gasteiger partial charge in [-0.25, -0.2) is 0 Å². The largest absolute Gasteiger partial charge is 0.271 e. The van der Waals surface area contributed by atoms with E-state index in [1.165, 1.54) is 57.8 Å². The molecule has 0 bridgehead atoms. The SMILES string of the molecule is CC(C)CCCCCCCCCCNN. The summed E-state index contributed by atoms with van der Waals surface area (Å²) < 4.78 is 0. The fourth-order valence-electron chi connectivity index (χ4n) is 1.84. The van der Waals surface area contributed by atoms with Crippen molar-refractivity contribution < 1.29 is 0 Å². The summed E-state index contributed by atoms with van der Waals surface area (Å²) in [6.07, 6.45) is 12.5. The molecule has 0 rings (SSSR count). The summed E-state index contributed by atoms with van der Waals surface area (Å²) >= 11 is 0. The van der Waals surface area contributed by atoms with Crippen molar-refractivity contribution in [2.75, 3.05) is 6.54 Å². The van der Waals surface area contributed by atoms with Gasteiger partial charge in [0.15, 0.2) is 0 Å². The molecule has 0 aromatic heterocycles. The maximum Gasteiger partial charge on any atom is 0.00974 e. The van der Waals surface area contributed by atoms with E-state index in [2.05, 4.69) is 19.3 Å². The number of hydrogen-bond donors (Lipinski definition) is 2. The number of hydrogen-bond acceptors (Lipinski definition) is 2. The molecule has 0 unspecified atom stereocenters. The lowest BCUT2D eigenvalue weighted by Gasteiger charge is -2.04. The molecule has 0 aromatic carbocycles. The van der Waals surface area contributed by atoms with E-state index in [1.54, 1.807) is 0 Å². The quantitative estimate of drug-likeness (QED) is 0.313. The summed E-state index contributed by atoms with van der Waals surface area (Å²) in [7, 11) is 0. The van der Waals surface area contributed by atoms with Gasteiger partial charge < -0.3 is 0 Å². The molecule has 0 saturated heterocycles. The Morgan fingerprint density at radius 2 is 1.27 bits per heavy atom. The molecular formula is C13H30N2. The van der Waals surface area contributed by atoms with E-state index < -0.39 is 0 Å². The standard InChI is InChI=1S/C13H30N2/c1-13(2)11-9-7-5-3-4-6-8-10-12-15-14/h13,15H,3-12,14H2,1-2H3. The van der Waals surface area contributed by atoms with Crippen LogP contribution in [-0.4, -0.2) is 6.54 Å². The Kier molecular flexibility index (Phi) is 11.9. The van der Waals surface area contributed by atoms with Gasteiger partial charge >= 0.3 is 0 Å². The third kappa shape index (κ3) is 13.9. The molecule has 0 fully saturated rings. The van der Waals surface area contributed by atoms with Gasteiger partial charge in [-0.05, 0) is 12.3 Å². The van der Waals surface area contributed by atoms with Crippen molar-refractivity contribution in [3.63, 3.8) is 0 Å². The number of nitrogens with two attached hydrogens (primary N) is 1. The van der Waals surface area contributed by atoms with Gasteiger partial charge in [-0.2, -0.15) is 0 Å². The van der Waals surface area contributed by atoms with Gasteiger partial charge in [0.05, 0.1) is 0 Å². The van der Waals surface area contributed by atoms with Crippen molar-refractivity contribution in [1.29, 1.82) is 0 Å². The lowest BCUT2D eigenvalue weighted by atomic mass is 10.0. The Bertz CT molecular complexity index is 113. The predicted molar refractivity (Wildman–Crippen MR) is 68.6 cm³/mol. The average molecular weight is 214 g/mol. The normalized spacial score (nSPS) is 11.2. The van der Waals surface area contributed by atoms with Crippen LogP contribution in [0.15, 0.2) is 0 Å². The van der Waals surface area contributed by atoms with Crippen LogP contribution in [0, 0.1) is 5.92 Å². The van der Waals surface area contributed by atoms with Crippen LogP contribution in [0.2, 0.25) is 0 Å². The maximum absolute atomic E-state index is 5.20. The zero-order valence-electron chi connectivity index (χ0n) is 10.7. The highest BCUT2D eigenvalue weighted by atomic mass is 15.2. The average Bonchev–Trinajstić information content (AvgIpc) is 2.20. The van der Waals surface area contributed by atoms with E-state index in [0.717, 1.165) is 12.5 Å². The van der Waals surface area contributed by atoms with Crippen molar-refractivity contribution in [3.05, 3.63) is 0 Å². The zero-order valence-corrected chi connectivity index (χ0v) is 10.7. The fraction of sp³-hybridized carbons (Fsp3) is 1.00. The molecule has 92 valence electrons. The van der Waals surface area contributed by atoms with E-state index in [9.17, 15) is 0 Å². The molecule has 0 heterocycles. The summed E-state index contributed by atoms with van der Waals surface area (Å²) in [5, 5.41) is 0. The van der Waals surface area contributed by atoms with Gasteiger partial charge in [0, 0.05) is 6.54 Å². The van der Waals surface area contributed by atoms with Gasteiger partial charge in [-0.3, -0.25) is 11.3 Å². The van der Waals surface area contributed by atoms with Crippen LogP contribution in [0.5, 0.6) is 0 Å². The molecule has 0 spiro atoms. The Balaban J connectivity index is 2.87. The molecule has 2 heteroatoms. The molecule has 2 nitrogen and oxygen atoms in total. The minimum Gasteiger partial charge on any atom is -0.271 e. The van der Waals surface area contributed by atoms with Crippen LogP contribution in [0.1, 0.15) is 71.6 Å². The summed E-state index contributed by atoms with van der Waals surface area (Å²) in [4.78, 5) is 0. The monoisotopic (exact) mass is 214 g/mol. The topological polar surface area (TPSA) is 38.0 Å². The van der Waals surface area contributed by atoms with Crippen LogP contribution in [-0.2, 0) is 0 Å². The Morgan fingerprint density at radius 3 is 1.73 bits per heavy atom. The van der Waals surface area contributed by atoms with Crippen LogP contribution in [0.25, 0.3) is 0 Å². The van der Waals surface area contributed by atoms with Crippen molar-refractivity contribution >= 4 is 0 Å². The molecule has 0 amide bonds. The summed E-state index contributed by atoms with van der Waals surface area (Å²) in [5.74, 6) is 6.08. The second-order valence-electron chi connectivity index (χ2n) is 4.97. The van der Waals surface area contributed by atoms with Crippen molar-refractivity contribution in [2.45, 2.75) is 71.6 Å². The van der Waals surface area contributed by atoms with Crippen molar-refractivity contribution in [3.8, 4) is 0 Å². The van der Waals surface area contributed by atoms with Gasteiger partial charge in [-0.1, -0.05) is 65.2 Å². The Labute approximate surface area is 96.0 Å². The second-order valence-corrected chi connectivity index (χ2v) is 4.97. The van der Waals surface area contributed by atoms with E-state index in [1.807, 2.05) is 0 Å². The van der Waals surface area contributed by atoms with Gasteiger partial charge in [0.1, 0.15) is 0 Å². The third-order valence-electron chi connectivity index (χ3n) is 2.85. The molecule has 3 N–H and O–H groups in total. The van der Waals surface area contributed by atoms with Crippen molar-refractivity contribution in [2.24, 2.45) is 11.8 Å². The minimum atomic E-state index is 0.883. The highest BCUT2D eigenvalue weighted by Crippen LogP contribution is 2.12. The lowest BCUT2D eigenvalue weighted by Crippen LogP contribution is -2.22. The third-order valence-corrected chi connectivity index (χ3v) is 2.85. The molecule has 0 radical (unpaired) electrons. The predicted octanol–water partition coefficient (Wildman–Crippen LogP) is 3.62. The van der Waals surface area contributed by atoms with Crippen LogP contribution >= 0.6 is 0 Å². The van der Waals surface area contributed by atoms with E-state index in [0.29, 0.717) is 0 Å². The van der Waals surface area contributed by atoms with Gasteiger partial charge in [0.25, 0.3) is 0 Å². The van der Waals surface area contributed by atoms with Gasteiger partial charge in [-0.15, -0.1) is 0 Å². The molecule has 0 saturated carbocycles. The van der Waals surface area contributed by atoms with Crippen LogP contribution < -0.4 is 11.3 Å². The number of nitrogens with one attached hydrogen (secondary N) is 1. The second kappa shape index (κ2) is 12.0. The highest BCUT2D eigenvalue weighted by molar-refractivity contribution is 4.49. The fourth-order valence-corrected chi connectivity index (χ4v) is 1.84. The van der Waals surface area contributed by atoms with E-state index in [4.69, 9.17) is 5.84 Å². The molecule has 15 heavy (non-hydrogen) atoms. The lowest BCUT2D eigenvalue weighted by molar-refractivity contribution is 0.505. The first-order valence-electron chi connectivity index (χ1n) is 6.71. The van der Waals surface area contributed by atoms with E-state index in [-0.39, 0.29) is 0 Å². The molecule has 0 aliphatic rings. The van der Waals surface area contributed by atoms with Gasteiger partial charge in [0.2, 0.25) is 0 Å². The first-order valence-corrected chi connectivity index (χ1v) is 6.71. The van der Waals surface area contributed by atoms with Crippen LogP contribution in [0.4, 0.5) is 0 Å². The Morgan fingerprint density at radius 1 is 0.800 bits per heavy atom. The number of unbranched alkanes of at least 4 members (excludes halogenated alkanes) is 7. The number of hydrazine groups is 1. The minimum absolute atomic E-state index is 0.883. The van der Waals surface area contributed by atoms with Crippen molar-refractivity contribution in [1.82, 2.24) is 5.43 Å². The summed E-state index contributed by atoms with van der Waals surface area (Å²) in [6, 6.07) is 0. The smallest absolute Gasteiger partial charge is 0.00974 e. The summed E-state index contributed by atoms with van der Waals surface area (Å²) in [5.41, 5.74) is 2.70. The maximum atomic E-state index is 5.20. The molecule has 0 aromatic rings. The number of rotatable bonds is 11. The van der Waals surface area contributed by atoms with Crippen LogP contribution in [0.3, 0.4) is 0 Å².